The summed E-state index contributed by atoms with van der Waals surface area (Å²) in [5.41, 5.74) is 3.97. The van der Waals surface area contributed by atoms with Crippen molar-refractivity contribution in [3.05, 3.63) is 70.8 Å². The van der Waals surface area contributed by atoms with Crippen molar-refractivity contribution >= 4 is 17.5 Å². The number of aryl methyl sites for hydroxylation is 2. The van der Waals surface area contributed by atoms with Gasteiger partial charge in [-0.1, -0.05) is 36.4 Å². The summed E-state index contributed by atoms with van der Waals surface area (Å²) in [5, 5.41) is 2.98. The Hall–Kier alpha value is -1.80. The SMILES string of the molecule is Cc1ccc(C(=O)NC(CCl)c2ccccc2)cc1C. The second kappa shape index (κ2) is 6.58. The maximum atomic E-state index is 12.3. The van der Waals surface area contributed by atoms with Crippen LogP contribution in [0.1, 0.15) is 33.1 Å². The molecule has 0 bridgehead atoms. The zero-order chi connectivity index (χ0) is 14.5. The van der Waals surface area contributed by atoms with E-state index in [9.17, 15) is 4.79 Å². The fourth-order valence-corrected chi connectivity index (χ4v) is 2.28. The summed E-state index contributed by atoms with van der Waals surface area (Å²) in [6.07, 6.45) is 0. The number of hydrogen-bond acceptors (Lipinski definition) is 1. The topological polar surface area (TPSA) is 29.1 Å². The normalized spacial score (nSPS) is 11.9. The van der Waals surface area contributed by atoms with E-state index in [1.807, 2.05) is 62.4 Å². The summed E-state index contributed by atoms with van der Waals surface area (Å²) in [4.78, 5) is 12.3. The van der Waals surface area contributed by atoms with Crippen molar-refractivity contribution in [2.24, 2.45) is 0 Å². The van der Waals surface area contributed by atoms with Gasteiger partial charge >= 0.3 is 0 Å². The van der Waals surface area contributed by atoms with Crippen LogP contribution in [-0.2, 0) is 0 Å². The molecule has 2 nitrogen and oxygen atoms in total. The van der Waals surface area contributed by atoms with Crippen LogP contribution in [0.15, 0.2) is 48.5 Å². The average Bonchev–Trinajstić information content (AvgIpc) is 2.48. The van der Waals surface area contributed by atoms with Gasteiger partial charge < -0.3 is 5.32 Å². The molecular formula is C17H18ClNO. The van der Waals surface area contributed by atoms with E-state index < -0.39 is 0 Å². The van der Waals surface area contributed by atoms with E-state index >= 15 is 0 Å². The third kappa shape index (κ3) is 3.40. The van der Waals surface area contributed by atoms with Crippen molar-refractivity contribution < 1.29 is 4.79 Å². The highest BCUT2D eigenvalue weighted by atomic mass is 35.5. The quantitative estimate of drug-likeness (QED) is 0.846. The first-order valence-electron chi connectivity index (χ1n) is 6.61. The van der Waals surface area contributed by atoms with Gasteiger partial charge in [0, 0.05) is 11.4 Å². The van der Waals surface area contributed by atoms with E-state index in [1.54, 1.807) is 0 Å². The van der Waals surface area contributed by atoms with E-state index in [-0.39, 0.29) is 11.9 Å². The number of benzene rings is 2. The second-order valence-corrected chi connectivity index (χ2v) is 5.20. The first kappa shape index (κ1) is 14.6. The lowest BCUT2D eigenvalue weighted by Crippen LogP contribution is -2.29. The first-order chi connectivity index (χ1) is 9.61. The van der Waals surface area contributed by atoms with Gasteiger partial charge in [0.2, 0.25) is 0 Å². The summed E-state index contributed by atoms with van der Waals surface area (Å²) < 4.78 is 0. The van der Waals surface area contributed by atoms with Crippen molar-refractivity contribution in [2.75, 3.05) is 5.88 Å². The van der Waals surface area contributed by atoms with Gasteiger partial charge in [-0.3, -0.25) is 4.79 Å². The van der Waals surface area contributed by atoms with Gasteiger partial charge in [0.25, 0.3) is 5.91 Å². The molecule has 2 aromatic carbocycles. The van der Waals surface area contributed by atoms with Crippen molar-refractivity contribution in [1.29, 1.82) is 0 Å². The molecule has 0 aliphatic carbocycles. The number of halogens is 1. The molecule has 0 fully saturated rings. The molecule has 0 aliphatic heterocycles. The van der Waals surface area contributed by atoms with Crippen LogP contribution in [0.4, 0.5) is 0 Å². The lowest BCUT2D eigenvalue weighted by Gasteiger charge is -2.17. The minimum atomic E-state index is -0.174. The molecule has 2 aromatic rings. The molecular weight excluding hydrogens is 270 g/mol. The number of nitrogens with one attached hydrogen (secondary N) is 1. The predicted molar refractivity (Wildman–Crippen MR) is 83.3 cm³/mol. The van der Waals surface area contributed by atoms with Crippen LogP contribution in [0.5, 0.6) is 0 Å². The number of alkyl halides is 1. The van der Waals surface area contributed by atoms with Gasteiger partial charge in [-0.25, -0.2) is 0 Å². The van der Waals surface area contributed by atoms with Crippen molar-refractivity contribution in [3.8, 4) is 0 Å². The van der Waals surface area contributed by atoms with Crippen LogP contribution in [-0.4, -0.2) is 11.8 Å². The van der Waals surface area contributed by atoms with Gasteiger partial charge in [-0.2, -0.15) is 0 Å². The molecule has 2 rings (SSSR count). The lowest BCUT2D eigenvalue weighted by atomic mass is 10.0. The molecule has 0 heterocycles. The Bertz CT molecular complexity index is 595. The summed E-state index contributed by atoms with van der Waals surface area (Å²) in [7, 11) is 0. The molecule has 0 saturated carbocycles. The third-order valence-electron chi connectivity index (χ3n) is 3.43. The summed E-state index contributed by atoms with van der Waals surface area (Å²) in [5.74, 6) is 0.253. The van der Waals surface area contributed by atoms with Gasteiger partial charge in [0.15, 0.2) is 0 Å². The highest BCUT2D eigenvalue weighted by molar-refractivity contribution is 6.18. The number of hydrogen-bond donors (Lipinski definition) is 1. The van der Waals surface area contributed by atoms with E-state index in [1.165, 1.54) is 5.56 Å². The Morgan fingerprint density at radius 2 is 1.80 bits per heavy atom. The average molecular weight is 288 g/mol. The molecule has 0 saturated heterocycles. The van der Waals surface area contributed by atoms with E-state index in [4.69, 9.17) is 11.6 Å². The molecule has 1 N–H and O–H groups in total. The van der Waals surface area contributed by atoms with Gasteiger partial charge in [0.1, 0.15) is 0 Å². The molecule has 104 valence electrons. The number of carbonyl (C=O) groups excluding carboxylic acids is 1. The Balaban J connectivity index is 2.15. The number of rotatable bonds is 4. The van der Waals surface area contributed by atoms with Crippen LogP contribution < -0.4 is 5.32 Å². The monoisotopic (exact) mass is 287 g/mol. The van der Waals surface area contributed by atoms with Gasteiger partial charge in [-0.05, 0) is 42.7 Å². The minimum Gasteiger partial charge on any atom is -0.344 e. The Kier molecular flexibility index (Phi) is 4.80. The van der Waals surface area contributed by atoms with Crippen LogP contribution >= 0.6 is 11.6 Å². The smallest absolute Gasteiger partial charge is 0.251 e. The molecule has 1 atom stereocenters. The highest BCUT2D eigenvalue weighted by Gasteiger charge is 2.14. The zero-order valence-electron chi connectivity index (χ0n) is 11.7. The van der Waals surface area contributed by atoms with E-state index in [0.717, 1.165) is 11.1 Å². The molecule has 0 radical (unpaired) electrons. The molecule has 0 aromatic heterocycles. The number of carbonyl (C=O) groups is 1. The highest BCUT2D eigenvalue weighted by Crippen LogP contribution is 2.16. The molecule has 0 aliphatic rings. The zero-order valence-corrected chi connectivity index (χ0v) is 12.4. The molecule has 1 unspecified atom stereocenters. The van der Waals surface area contributed by atoms with Gasteiger partial charge in [0.05, 0.1) is 6.04 Å². The van der Waals surface area contributed by atoms with Crippen LogP contribution in [0.25, 0.3) is 0 Å². The third-order valence-corrected chi connectivity index (χ3v) is 3.74. The fraction of sp³-hybridized carbons (Fsp3) is 0.235. The standard InChI is InChI=1S/C17H18ClNO/c1-12-8-9-15(10-13(12)2)17(20)19-16(11-18)14-6-4-3-5-7-14/h3-10,16H,11H2,1-2H3,(H,19,20). The molecule has 20 heavy (non-hydrogen) atoms. The van der Waals surface area contributed by atoms with Crippen LogP contribution in [0, 0.1) is 13.8 Å². The molecule has 0 spiro atoms. The van der Waals surface area contributed by atoms with E-state index in [2.05, 4.69) is 5.32 Å². The molecule has 1 amide bonds. The Morgan fingerprint density at radius 1 is 1.10 bits per heavy atom. The number of amides is 1. The summed E-state index contributed by atoms with van der Waals surface area (Å²) >= 11 is 5.98. The van der Waals surface area contributed by atoms with Crippen molar-refractivity contribution in [1.82, 2.24) is 5.32 Å². The van der Waals surface area contributed by atoms with Crippen molar-refractivity contribution in [2.45, 2.75) is 19.9 Å². The lowest BCUT2D eigenvalue weighted by molar-refractivity contribution is 0.0940. The van der Waals surface area contributed by atoms with E-state index in [0.29, 0.717) is 11.4 Å². The largest absolute Gasteiger partial charge is 0.344 e. The predicted octanol–water partition coefficient (Wildman–Crippen LogP) is 4.01. The minimum absolute atomic E-state index is 0.0948. The Labute approximate surface area is 124 Å². The Morgan fingerprint density at radius 3 is 2.40 bits per heavy atom. The maximum Gasteiger partial charge on any atom is 0.251 e. The van der Waals surface area contributed by atoms with Crippen LogP contribution in [0.2, 0.25) is 0 Å². The maximum absolute atomic E-state index is 12.3. The first-order valence-corrected chi connectivity index (χ1v) is 7.14. The molecule has 3 heteroatoms. The summed E-state index contributed by atoms with van der Waals surface area (Å²) in [6.45, 7) is 4.03. The second-order valence-electron chi connectivity index (χ2n) is 4.89. The summed E-state index contributed by atoms with van der Waals surface area (Å²) in [6, 6.07) is 15.3. The van der Waals surface area contributed by atoms with Crippen molar-refractivity contribution in [3.63, 3.8) is 0 Å². The fourth-order valence-electron chi connectivity index (χ4n) is 2.02. The van der Waals surface area contributed by atoms with Crippen LogP contribution in [0.3, 0.4) is 0 Å². The van der Waals surface area contributed by atoms with Gasteiger partial charge in [-0.15, -0.1) is 11.6 Å².